The molecular formula is C13H16ClN3O. The van der Waals surface area contributed by atoms with E-state index in [9.17, 15) is 4.79 Å². The van der Waals surface area contributed by atoms with Crippen molar-refractivity contribution in [3.8, 4) is 0 Å². The molecular weight excluding hydrogens is 250 g/mol. The Morgan fingerprint density at radius 1 is 1.50 bits per heavy atom. The third-order valence-electron chi connectivity index (χ3n) is 3.29. The molecule has 0 saturated heterocycles. The van der Waals surface area contributed by atoms with Gasteiger partial charge in [-0.3, -0.25) is 10.1 Å². The predicted octanol–water partition coefficient (Wildman–Crippen LogP) is 2.40. The van der Waals surface area contributed by atoms with Crippen LogP contribution in [0.3, 0.4) is 0 Å². The fourth-order valence-electron chi connectivity index (χ4n) is 2.64. The van der Waals surface area contributed by atoms with E-state index in [2.05, 4.69) is 27.8 Å². The van der Waals surface area contributed by atoms with E-state index in [1.165, 1.54) is 18.1 Å². The van der Waals surface area contributed by atoms with Crippen LogP contribution in [0.5, 0.6) is 0 Å². The van der Waals surface area contributed by atoms with E-state index in [0.29, 0.717) is 5.96 Å². The maximum absolute atomic E-state index is 11.1. The van der Waals surface area contributed by atoms with Crippen LogP contribution in [0.25, 0.3) is 0 Å². The third-order valence-corrected chi connectivity index (χ3v) is 3.29. The van der Waals surface area contributed by atoms with Crippen molar-refractivity contribution in [1.82, 2.24) is 5.32 Å². The number of carbonyl (C=O) groups excluding carboxylic acids is 1. The molecule has 3 rings (SSSR count). The molecule has 2 N–H and O–H groups in total. The number of aliphatic imine (C=N–C) groups is 1. The van der Waals surface area contributed by atoms with Crippen LogP contribution < -0.4 is 10.6 Å². The number of guanidine groups is 1. The molecule has 1 aromatic carbocycles. The van der Waals surface area contributed by atoms with Gasteiger partial charge in [-0.15, -0.1) is 12.4 Å². The highest BCUT2D eigenvalue weighted by Crippen LogP contribution is 2.39. The number of anilines is 1. The van der Waals surface area contributed by atoms with Gasteiger partial charge in [-0.1, -0.05) is 12.1 Å². The molecule has 5 heteroatoms. The van der Waals surface area contributed by atoms with Gasteiger partial charge in [-0.2, -0.15) is 0 Å². The van der Waals surface area contributed by atoms with E-state index >= 15 is 0 Å². The summed E-state index contributed by atoms with van der Waals surface area (Å²) in [6, 6.07) is 6.48. The highest BCUT2D eigenvalue weighted by atomic mass is 35.5. The van der Waals surface area contributed by atoms with E-state index < -0.39 is 0 Å². The van der Waals surface area contributed by atoms with E-state index in [4.69, 9.17) is 0 Å². The van der Waals surface area contributed by atoms with Crippen molar-refractivity contribution >= 4 is 30.0 Å². The van der Waals surface area contributed by atoms with Crippen LogP contribution in [0.2, 0.25) is 0 Å². The molecule has 1 aliphatic carbocycles. The topological polar surface area (TPSA) is 53.5 Å². The molecule has 2 aliphatic rings. The summed E-state index contributed by atoms with van der Waals surface area (Å²) in [5, 5.41) is 5.92. The molecule has 4 nitrogen and oxygen atoms in total. The van der Waals surface area contributed by atoms with Gasteiger partial charge >= 0.3 is 0 Å². The standard InChI is InChI=1S/C13H15N3O.ClH/c1-8(17)14-13-15-10-6-2-4-9-5-3-7-11(16-13)12(9)10;/h2,4,6,11H,3,5,7H2,1H3,(H2,14,15,16,17);1H. The third kappa shape index (κ3) is 2.20. The van der Waals surface area contributed by atoms with Crippen LogP contribution in [0.15, 0.2) is 23.2 Å². The van der Waals surface area contributed by atoms with Gasteiger partial charge in [0, 0.05) is 18.2 Å². The highest BCUT2D eigenvalue weighted by Gasteiger charge is 2.27. The molecule has 96 valence electrons. The average molecular weight is 266 g/mol. The highest BCUT2D eigenvalue weighted by molar-refractivity contribution is 6.05. The summed E-state index contributed by atoms with van der Waals surface area (Å²) in [7, 11) is 0. The van der Waals surface area contributed by atoms with Crippen LogP contribution in [0, 0.1) is 0 Å². The first-order valence-corrected chi connectivity index (χ1v) is 5.98. The van der Waals surface area contributed by atoms with Crippen LogP contribution >= 0.6 is 12.4 Å². The molecule has 0 saturated carbocycles. The lowest BCUT2D eigenvalue weighted by molar-refractivity contribution is -0.117. The lowest BCUT2D eigenvalue weighted by Gasteiger charge is -2.30. The van der Waals surface area contributed by atoms with Crippen molar-refractivity contribution in [3.05, 3.63) is 29.3 Å². The minimum Gasteiger partial charge on any atom is -0.326 e. The largest absolute Gasteiger partial charge is 0.326 e. The van der Waals surface area contributed by atoms with Gasteiger partial charge in [0.25, 0.3) is 0 Å². The Kier molecular flexibility index (Phi) is 3.57. The zero-order chi connectivity index (χ0) is 11.8. The van der Waals surface area contributed by atoms with Gasteiger partial charge in [0.15, 0.2) is 0 Å². The fraction of sp³-hybridized carbons (Fsp3) is 0.385. The quantitative estimate of drug-likeness (QED) is 0.757. The number of nitrogens with zero attached hydrogens (tertiary/aromatic N) is 1. The van der Waals surface area contributed by atoms with Crippen LogP contribution in [-0.2, 0) is 11.2 Å². The van der Waals surface area contributed by atoms with E-state index in [1.807, 2.05) is 6.07 Å². The van der Waals surface area contributed by atoms with Crippen molar-refractivity contribution in [1.29, 1.82) is 0 Å². The monoisotopic (exact) mass is 265 g/mol. The molecule has 1 aliphatic heterocycles. The number of nitrogens with one attached hydrogen (secondary N) is 2. The van der Waals surface area contributed by atoms with E-state index in [0.717, 1.165) is 24.9 Å². The minimum absolute atomic E-state index is 0. The number of hydrogen-bond donors (Lipinski definition) is 2. The van der Waals surface area contributed by atoms with Crippen molar-refractivity contribution in [3.63, 3.8) is 0 Å². The number of hydrogen-bond acceptors (Lipinski definition) is 3. The molecule has 0 spiro atoms. The Morgan fingerprint density at radius 2 is 2.33 bits per heavy atom. The number of amides is 1. The summed E-state index contributed by atoms with van der Waals surface area (Å²) in [6.45, 7) is 1.50. The molecule has 0 aromatic heterocycles. The number of aryl methyl sites for hydroxylation is 1. The summed E-state index contributed by atoms with van der Waals surface area (Å²) in [5.41, 5.74) is 3.79. The van der Waals surface area contributed by atoms with Gasteiger partial charge < -0.3 is 5.32 Å². The summed E-state index contributed by atoms with van der Waals surface area (Å²) in [5.74, 6) is 0.487. The van der Waals surface area contributed by atoms with Crippen molar-refractivity contribution in [2.75, 3.05) is 5.32 Å². The smallest absolute Gasteiger partial charge is 0.223 e. The molecule has 0 radical (unpaired) electrons. The molecule has 18 heavy (non-hydrogen) atoms. The maximum atomic E-state index is 11.1. The molecule has 1 unspecified atom stereocenters. The van der Waals surface area contributed by atoms with E-state index in [-0.39, 0.29) is 24.4 Å². The Balaban J connectivity index is 0.00000120. The number of carbonyl (C=O) groups is 1. The van der Waals surface area contributed by atoms with Crippen LogP contribution in [0.4, 0.5) is 5.69 Å². The molecule has 1 amide bonds. The Hall–Kier alpha value is -1.55. The lowest BCUT2D eigenvalue weighted by atomic mass is 9.86. The molecule has 1 atom stereocenters. The maximum Gasteiger partial charge on any atom is 0.223 e. The molecule has 0 bridgehead atoms. The van der Waals surface area contributed by atoms with Gasteiger partial charge in [0.2, 0.25) is 11.9 Å². The summed E-state index contributed by atoms with van der Waals surface area (Å²) < 4.78 is 0. The zero-order valence-electron chi connectivity index (χ0n) is 10.2. The molecule has 1 heterocycles. The Labute approximate surface area is 112 Å². The Bertz CT molecular complexity index is 513. The van der Waals surface area contributed by atoms with Crippen molar-refractivity contribution in [2.45, 2.75) is 32.2 Å². The first-order chi connectivity index (χ1) is 8.24. The number of rotatable bonds is 0. The summed E-state index contributed by atoms with van der Waals surface area (Å²) in [4.78, 5) is 15.6. The second kappa shape index (κ2) is 4.98. The van der Waals surface area contributed by atoms with Crippen molar-refractivity contribution in [2.24, 2.45) is 4.99 Å². The second-order valence-corrected chi connectivity index (χ2v) is 4.57. The van der Waals surface area contributed by atoms with Gasteiger partial charge in [0.1, 0.15) is 0 Å². The number of benzene rings is 1. The Morgan fingerprint density at radius 3 is 3.11 bits per heavy atom. The molecule has 1 aromatic rings. The van der Waals surface area contributed by atoms with Crippen LogP contribution in [0.1, 0.15) is 36.9 Å². The summed E-state index contributed by atoms with van der Waals surface area (Å²) >= 11 is 0. The normalized spacial score (nSPS) is 19.8. The van der Waals surface area contributed by atoms with Gasteiger partial charge in [-0.05, 0) is 30.9 Å². The number of halogens is 1. The van der Waals surface area contributed by atoms with Gasteiger partial charge in [-0.25, -0.2) is 4.99 Å². The zero-order valence-corrected chi connectivity index (χ0v) is 11.0. The molecule has 0 fully saturated rings. The summed E-state index contributed by atoms with van der Waals surface area (Å²) in [6.07, 6.45) is 3.36. The first-order valence-electron chi connectivity index (χ1n) is 5.98. The lowest BCUT2D eigenvalue weighted by Crippen LogP contribution is -2.37. The van der Waals surface area contributed by atoms with Crippen LogP contribution in [-0.4, -0.2) is 11.9 Å². The fourth-order valence-corrected chi connectivity index (χ4v) is 2.64. The van der Waals surface area contributed by atoms with Gasteiger partial charge in [0.05, 0.1) is 6.04 Å². The second-order valence-electron chi connectivity index (χ2n) is 4.57. The SMILES string of the molecule is CC(=O)NC1=NC2CCCc3cccc(c32)N1.Cl. The minimum atomic E-state index is -0.0911. The first kappa shape index (κ1) is 12.9. The predicted molar refractivity (Wildman–Crippen MR) is 74.2 cm³/mol. The average Bonchev–Trinajstić information content (AvgIpc) is 2.28. The van der Waals surface area contributed by atoms with Crippen molar-refractivity contribution < 1.29 is 4.79 Å². The van der Waals surface area contributed by atoms with E-state index in [1.54, 1.807) is 0 Å².